The summed E-state index contributed by atoms with van der Waals surface area (Å²) >= 11 is 0. The third kappa shape index (κ3) is 10.3. The average Bonchev–Trinajstić information content (AvgIpc) is 2.60. The van der Waals surface area contributed by atoms with Gasteiger partial charge in [-0.15, -0.1) is 0 Å². The number of rotatable bonds is 8. The number of hydrogen-bond acceptors (Lipinski definition) is 7. The Hall–Kier alpha value is -0.400. The SMILES string of the molecule is O=C([O-])CN(Cc1ccc(C(F)(F)F)cc1)Cc1ccc(C(=O)[O-])c(C(=O)[O-])c1.[Na+].[Na+].[Na+]. The summed E-state index contributed by atoms with van der Waals surface area (Å²) in [4.78, 5) is 34.4. The van der Waals surface area contributed by atoms with Crippen LogP contribution >= 0.6 is 0 Å². The number of alkyl halides is 3. The molecule has 0 fully saturated rings. The summed E-state index contributed by atoms with van der Waals surface area (Å²) in [7, 11) is 0. The van der Waals surface area contributed by atoms with Gasteiger partial charge in [-0.3, -0.25) is 4.90 Å². The van der Waals surface area contributed by atoms with Crippen LogP contribution in [0.1, 0.15) is 37.4 Å². The van der Waals surface area contributed by atoms with Crippen molar-refractivity contribution in [1.82, 2.24) is 4.90 Å². The zero-order chi connectivity index (χ0) is 21.8. The Bertz CT molecular complexity index is 939. The molecule has 0 aliphatic carbocycles. The number of carbonyl (C=O) groups is 3. The minimum absolute atomic E-state index is 0. The quantitative estimate of drug-likeness (QED) is 0.346. The van der Waals surface area contributed by atoms with Gasteiger partial charge < -0.3 is 29.7 Å². The summed E-state index contributed by atoms with van der Waals surface area (Å²) in [6.45, 7) is -0.804. The van der Waals surface area contributed by atoms with E-state index in [-0.39, 0.29) is 107 Å². The van der Waals surface area contributed by atoms with Crippen molar-refractivity contribution in [3.05, 3.63) is 70.3 Å². The third-order valence-corrected chi connectivity index (χ3v) is 3.97. The van der Waals surface area contributed by atoms with Crippen LogP contribution in [0.25, 0.3) is 0 Å². The minimum atomic E-state index is -4.51. The molecule has 0 unspecified atom stereocenters. The molecular formula is C19H13F3NNa3O6. The molecule has 0 aromatic heterocycles. The van der Waals surface area contributed by atoms with Crippen molar-refractivity contribution in [2.45, 2.75) is 19.3 Å². The maximum absolute atomic E-state index is 12.6. The zero-order valence-electron chi connectivity index (χ0n) is 17.7. The van der Waals surface area contributed by atoms with Gasteiger partial charge in [0.05, 0.1) is 23.5 Å². The molecular weight excluding hydrogens is 464 g/mol. The summed E-state index contributed by atoms with van der Waals surface area (Å²) < 4.78 is 37.9. The molecule has 0 bridgehead atoms. The molecule has 0 aliphatic rings. The van der Waals surface area contributed by atoms with Gasteiger partial charge in [-0.25, -0.2) is 0 Å². The molecule has 7 nitrogen and oxygen atoms in total. The fourth-order valence-electron chi connectivity index (χ4n) is 2.70. The third-order valence-electron chi connectivity index (χ3n) is 3.97. The first-order chi connectivity index (χ1) is 13.5. The molecule has 2 rings (SSSR count). The summed E-state index contributed by atoms with van der Waals surface area (Å²) in [5.41, 5.74) is -1.45. The van der Waals surface area contributed by atoms with Crippen LogP contribution in [0.15, 0.2) is 42.5 Å². The Morgan fingerprint density at radius 2 is 1.22 bits per heavy atom. The van der Waals surface area contributed by atoms with Gasteiger partial charge in [0, 0.05) is 30.8 Å². The molecule has 0 radical (unpaired) electrons. The number of carbonyl (C=O) groups excluding carboxylic acids is 3. The van der Waals surface area contributed by atoms with Gasteiger partial charge in [-0.2, -0.15) is 13.2 Å². The molecule has 0 amide bonds. The molecule has 0 spiro atoms. The van der Waals surface area contributed by atoms with Crippen LogP contribution in [0.3, 0.4) is 0 Å². The van der Waals surface area contributed by atoms with E-state index in [0.717, 1.165) is 24.3 Å². The Labute approximate surface area is 247 Å². The number of halogens is 3. The van der Waals surface area contributed by atoms with E-state index in [1.165, 1.54) is 23.1 Å². The van der Waals surface area contributed by atoms with Crippen LogP contribution in [0.4, 0.5) is 13.2 Å². The number of hydrogen-bond donors (Lipinski definition) is 0. The second kappa shape index (κ2) is 14.8. The van der Waals surface area contributed by atoms with Crippen molar-refractivity contribution in [2.75, 3.05) is 6.54 Å². The van der Waals surface area contributed by atoms with Crippen LogP contribution in [-0.2, 0) is 24.1 Å². The average molecular weight is 477 g/mol. The second-order valence-electron chi connectivity index (χ2n) is 6.17. The van der Waals surface area contributed by atoms with Crippen molar-refractivity contribution in [2.24, 2.45) is 0 Å². The number of aromatic carboxylic acids is 2. The fraction of sp³-hybridized carbons (Fsp3) is 0.211. The molecule has 0 saturated heterocycles. The molecule has 32 heavy (non-hydrogen) atoms. The first-order valence-electron chi connectivity index (χ1n) is 8.11. The normalized spacial score (nSPS) is 10.4. The van der Waals surface area contributed by atoms with Gasteiger partial charge in [-0.05, 0) is 29.3 Å². The largest absolute Gasteiger partial charge is 1.00 e. The Morgan fingerprint density at radius 3 is 1.66 bits per heavy atom. The van der Waals surface area contributed by atoms with Gasteiger partial charge in [0.25, 0.3) is 0 Å². The van der Waals surface area contributed by atoms with E-state index in [0.29, 0.717) is 5.56 Å². The van der Waals surface area contributed by atoms with Crippen molar-refractivity contribution < 1.29 is 132 Å². The number of benzene rings is 2. The van der Waals surface area contributed by atoms with E-state index in [2.05, 4.69) is 0 Å². The van der Waals surface area contributed by atoms with Gasteiger partial charge in [0.2, 0.25) is 0 Å². The second-order valence-corrected chi connectivity index (χ2v) is 6.17. The Balaban J connectivity index is 0. The fourth-order valence-corrected chi connectivity index (χ4v) is 2.70. The maximum Gasteiger partial charge on any atom is 1.00 e. The monoisotopic (exact) mass is 477 g/mol. The van der Waals surface area contributed by atoms with Crippen LogP contribution in [0.2, 0.25) is 0 Å². The summed E-state index contributed by atoms with van der Waals surface area (Å²) in [6, 6.07) is 7.37. The number of carboxylic acid groups (broad SMARTS) is 3. The number of nitrogens with zero attached hydrogens (tertiary/aromatic N) is 1. The molecule has 0 aliphatic heterocycles. The molecule has 13 heteroatoms. The van der Waals surface area contributed by atoms with Crippen LogP contribution < -0.4 is 104 Å². The van der Waals surface area contributed by atoms with Crippen molar-refractivity contribution in [1.29, 1.82) is 0 Å². The molecule has 0 N–H and O–H groups in total. The topological polar surface area (TPSA) is 124 Å². The van der Waals surface area contributed by atoms with E-state index in [1.807, 2.05) is 0 Å². The van der Waals surface area contributed by atoms with Crippen molar-refractivity contribution >= 4 is 17.9 Å². The van der Waals surface area contributed by atoms with Gasteiger partial charge in [0.1, 0.15) is 0 Å². The van der Waals surface area contributed by atoms with Gasteiger partial charge in [-0.1, -0.05) is 24.3 Å². The van der Waals surface area contributed by atoms with Gasteiger partial charge in [0.15, 0.2) is 0 Å². The van der Waals surface area contributed by atoms with E-state index >= 15 is 0 Å². The first kappa shape index (κ1) is 33.8. The standard InChI is InChI=1S/C19H16F3NO6.3Na/c20-19(21,22)13-4-1-11(2-5-13)8-23(10-16(24)25)9-12-3-6-14(17(26)27)15(7-12)18(28)29;;;/h1-7H,8-10H2,(H,24,25)(H,26,27)(H,28,29);;;/q;3*+1/p-3. The summed E-state index contributed by atoms with van der Waals surface area (Å²) in [5, 5.41) is 33.1. The maximum atomic E-state index is 12.6. The van der Waals surface area contributed by atoms with Crippen molar-refractivity contribution in [3.8, 4) is 0 Å². The predicted octanol–water partition coefficient (Wildman–Crippen LogP) is -9.80. The minimum Gasteiger partial charge on any atom is -0.549 e. The number of carboxylic acids is 3. The zero-order valence-corrected chi connectivity index (χ0v) is 23.7. The Morgan fingerprint density at radius 1 is 0.750 bits per heavy atom. The van der Waals surface area contributed by atoms with Gasteiger partial charge >= 0.3 is 94.8 Å². The molecule has 154 valence electrons. The Kier molecular flexibility index (Phi) is 15.6. The van der Waals surface area contributed by atoms with E-state index < -0.39 is 47.3 Å². The molecule has 0 heterocycles. The number of aliphatic carboxylic acids is 1. The summed E-state index contributed by atoms with van der Waals surface area (Å²) in [5.74, 6) is -4.92. The first-order valence-corrected chi connectivity index (χ1v) is 8.11. The molecule has 0 atom stereocenters. The van der Waals surface area contributed by atoms with Crippen LogP contribution in [0.5, 0.6) is 0 Å². The van der Waals surface area contributed by atoms with E-state index in [4.69, 9.17) is 0 Å². The van der Waals surface area contributed by atoms with E-state index in [9.17, 15) is 42.9 Å². The molecule has 0 saturated carbocycles. The van der Waals surface area contributed by atoms with Crippen LogP contribution in [-0.4, -0.2) is 29.4 Å². The van der Waals surface area contributed by atoms with Crippen LogP contribution in [0, 0.1) is 0 Å². The molecule has 2 aromatic carbocycles. The summed E-state index contributed by atoms with van der Waals surface area (Å²) in [6.07, 6.45) is -4.51. The smallest absolute Gasteiger partial charge is 0.549 e. The predicted molar refractivity (Wildman–Crippen MR) is 85.7 cm³/mol. The molecule has 2 aromatic rings. The van der Waals surface area contributed by atoms with Crippen molar-refractivity contribution in [3.63, 3.8) is 0 Å². The van der Waals surface area contributed by atoms with E-state index in [1.54, 1.807) is 0 Å².